The number of aromatic carboxylic acids is 1. The Bertz CT molecular complexity index is 2000. The Kier molecular flexibility index (Phi) is 7.06. The van der Waals surface area contributed by atoms with Gasteiger partial charge in [0.1, 0.15) is 22.8 Å². The molecule has 0 aliphatic rings. The monoisotopic (exact) mass is 571 g/mol. The van der Waals surface area contributed by atoms with Crippen molar-refractivity contribution >= 4 is 40.6 Å². The molecule has 42 heavy (non-hydrogen) atoms. The second-order valence-corrected chi connectivity index (χ2v) is 9.19. The van der Waals surface area contributed by atoms with Gasteiger partial charge in [0.15, 0.2) is 0 Å². The minimum Gasteiger partial charge on any atom is -0.478 e. The number of nitrogens with one attached hydrogen (secondary N) is 3. The van der Waals surface area contributed by atoms with Crippen LogP contribution in [0.3, 0.4) is 0 Å². The van der Waals surface area contributed by atoms with Gasteiger partial charge in [-0.15, -0.1) is 0 Å². The SMILES string of the molecule is C[C@H](NC(=O)c1cc(C(=O)NCc2cccc(Nc3c(N)c(=O)c3=O)c2)n2c(=O)onc2n1)c1ccc(C(=O)O)cc1. The predicted molar refractivity (Wildman–Crippen MR) is 147 cm³/mol. The molecule has 3 aromatic carbocycles. The summed E-state index contributed by atoms with van der Waals surface area (Å²) in [6, 6.07) is 13.1. The highest BCUT2D eigenvalue weighted by Gasteiger charge is 2.22. The molecule has 212 valence electrons. The molecule has 0 radical (unpaired) electrons. The summed E-state index contributed by atoms with van der Waals surface area (Å²) in [5.41, 5.74) is 5.17. The van der Waals surface area contributed by atoms with Crippen LogP contribution in [0.15, 0.2) is 73.5 Å². The van der Waals surface area contributed by atoms with Gasteiger partial charge < -0.3 is 26.8 Å². The average molecular weight is 572 g/mol. The molecule has 0 spiro atoms. The molecule has 0 fully saturated rings. The summed E-state index contributed by atoms with van der Waals surface area (Å²) in [4.78, 5) is 76.6. The lowest BCUT2D eigenvalue weighted by Gasteiger charge is -2.15. The zero-order valence-electron chi connectivity index (χ0n) is 21.7. The van der Waals surface area contributed by atoms with E-state index >= 15 is 0 Å². The number of hydrogen-bond donors (Lipinski definition) is 5. The molecule has 0 unspecified atom stereocenters. The summed E-state index contributed by atoms with van der Waals surface area (Å²) in [7, 11) is 0. The number of carboxylic acids is 1. The van der Waals surface area contributed by atoms with Crippen molar-refractivity contribution in [3.8, 4) is 0 Å². The summed E-state index contributed by atoms with van der Waals surface area (Å²) in [6.07, 6.45) is 0. The molecule has 15 nitrogen and oxygen atoms in total. The highest BCUT2D eigenvalue weighted by molar-refractivity contribution is 5.98. The fourth-order valence-electron chi connectivity index (χ4n) is 4.11. The van der Waals surface area contributed by atoms with E-state index in [0.29, 0.717) is 16.8 Å². The molecule has 15 heteroatoms. The lowest BCUT2D eigenvalue weighted by molar-refractivity contribution is 0.0696. The van der Waals surface area contributed by atoms with E-state index < -0.39 is 40.4 Å². The van der Waals surface area contributed by atoms with Gasteiger partial charge in [-0.1, -0.05) is 24.3 Å². The topological polar surface area (TPSA) is 228 Å². The Morgan fingerprint density at radius 1 is 1.02 bits per heavy atom. The molecule has 0 saturated carbocycles. The second-order valence-electron chi connectivity index (χ2n) is 9.19. The van der Waals surface area contributed by atoms with Crippen LogP contribution in [0.1, 0.15) is 55.4 Å². The highest BCUT2D eigenvalue weighted by Crippen LogP contribution is 2.19. The van der Waals surface area contributed by atoms with Crippen LogP contribution in [0.4, 0.5) is 17.1 Å². The van der Waals surface area contributed by atoms with Crippen molar-refractivity contribution in [1.29, 1.82) is 0 Å². The van der Waals surface area contributed by atoms with Crippen LogP contribution in [0.5, 0.6) is 0 Å². The Morgan fingerprint density at radius 2 is 1.76 bits per heavy atom. The molecule has 5 rings (SSSR count). The number of carboxylic acid groups (broad SMARTS) is 1. The van der Waals surface area contributed by atoms with Gasteiger partial charge in [-0.3, -0.25) is 23.7 Å². The number of carbonyl (C=O) groups is 3. The third kappa shape index (κ3) is 5.21. The van der Waals surface area contributed by atoms with E-state index in [-0.39, 0.29) is 40.6 Å². The van der Waals surface area contributed by atoms with Crippen molar-refractivity contribution in [3.05, 3.63) is 114 Å². The summed E-state index contributed by atoms with van der Waals surface area (Å²) in [5.74, 6) is -3.82. The van der Waals surface area contributed by atoms with Crippen LogP contribution in [-0.2, 0) is 6.54 Å². The first-order valence-corrected chi connectivity index (χ1v) is 12.3. The highest BCUT2D eigenvalue weighted by atomic mass is 16.5. The van der Waals surface area contributed by atoms with Gasteiger partial charge in [0.05, 0.1) is 11.6 Å². The molecule has 5 aromatic rings. The Balaban J connectivity index is 1.33. The van der Waals surface area contributed by atoms with E-state index in [1.54, 1.807) is 43.3 Å². The van der Waals surface area contributed by atoms with Crippen molar-refractivity contribution in [1.82, 2.24) is 25.2 Å². The zero-order chi connectivity index (χ0) is 30.1. The number of benzene rings is 2. The van der Waals surface area contributed by atoms with Crippen LogP contribution < -0.4 is 38.3 Å². The maximum atomic E-state index is 13.2. The van der Waals surface area contributed by atoms with Gasteiger partial charge in [-0.05, 0) is 53.5 Å². The van der Waals surface area contributed by atoms with Gasteiger partial charge >= 0.3 is 11.7 Å². The number of fused-ring (bicyclic) bond motifs is 1. The van der Waals surface area contributed by atoms with Crippen LogP contribution in [0.2, 0.25) is 0 Å². The number of aromatic nitrogens is 3. The average Bonchev–Trinajstić information content (AvgIpc) is 3.38. The number of hydrogen-bond acceptors (Lipinski definition) is 11. The minimum absolute atomic E-state index is 0.00963. The zero-order valence-corrected chi connectivity index (χ0v) is 21.7. The normalized spacial score (nSPS) is 11.7. The molecule has 2 heterocycles. The van der Waals surface area contributed by atoms with E-state index in [4.69, 9.17) is 10.8 Å². The summed E-state index contributed by atoms with van der Waals surface area (Å²) < 4.78 is 5.45. The third-order valence-corrected chi connectivity index (χ3v) is 6.39. The van der Waals surface area contributed by atoms with Crippen molar-refractivity contribution in [2.45, 2.75) is 19.5 Å². The lowest BCUT2D eigenvalue weighted by Crippen LogP contribution is -2.36. The number of rotatable bonds is 9. The van der Waals surface area contributed by atoms with E-state index in [1.807, 2.05) is 0 Å². The number of carbonyl (C=O) groups excluding carboxylic acids is 2. The Labute approximate surface area is 234 Å². The van der Waals surface area contributed by atoms with Crippen molar-refractivity contribution in [3.63, 3.8) is 0 Å². The molecule has 2 aromatic heterocycles. The smallest absolute Gasteiger partial charge is 0.448 e. The molecular weight excluding hydrogens is 550 g/mol. The standard InChI is InChI=1S/C27H21N7O8/c1-12(14-5-7-15(8-6-14)25(39)40)30-23(37)17-10-18(34-26(32-17)33-42-27(34)41)24(38)29-11-13-3-2-4-16(9-13)31-20-19(28)21(35)22(20)36/h2-10,12,31H,11,28H2,1H3,(H,29,38)(H,30,37)(H,39,40)/t12-/m0/s1. The first-order chi connectivity index (χ1) is 20.0. The number of anilines is 3. The van der Waals surface area contributed by atoms with Gasteiger partial charge in [-0.2, -0.15) is 0 Å². The Morgan fingerprint density at radius 3 is 2.45 bits per heavy atom. The summed E-state index contributed by atoms with van der Waals surface area (Å²) in [5, 5.41) is 20.7. The first-order valence-electron chi connectivity index (χ1n) is 12.3. The van der Waals surface area contributed by atoms with Crippen molar-refractivity contribution < 1.29 is 24.0 Å². The van der Waals surface area contributed by atoms with E-state index in [2.05, 4.69) is 30.6 Å². The molecule has 0 bridgehead atoms. The van der Waals surface area contributed by atoms with E-state index in [0.717, 1.165) is 10.5 Å². The third-order valence-electron chi connectivity index (χ3n) is 6.39. The van der Waals surface area contributed by atoms with E-state index in [9.17, 15) is 28.8 Å². The van der Waals surface area contributed by atoms with Gasteiger partial charge in [-0.25, -0.2) is 19.0 Å². The fourth-order valence-corrected chi connectivity index (χ4v) is 4.11. The summed E-state index contributed by atoms with van der Waals surface area (Å²) in [6.45, 7) is 1.65. The molecule has 0 aliphatic carbocycles. The summed E-state index contributed by atoms with van der Waals surface area (Å²) >= 11 is 0. The van der Waals surface area contributed by atoms with E-state index in [1.165, 1.54) is 12.1 Å². The van der Waals surface area contributed by atoms with Crippen molar-refractivity contribution in [2.24, 2.45) is 0 Å². The molecule has 0 saturated heterocycles. The molecule has 0 aliphatic heterocycles. The van der Waals surface area contributed by atoms with Crippen LogP contribution in [0.25, 0.3) is 5.78 Å². The number of nitrogen functional groups attached to an aromatic ring is 1. The quantitative estimate of drug-likeness (QED) is 0.154. The molecule has 2 amide bonds. The van der Waals surface area contributed by atoms with Gasteiger partial charge in [0.2, 0.25) is 0 Å². The van der Waals surface area contributed by atoms with Gasteiger partial charge in [0.25, 0.3) is 28.4 Å². The minimum atomic E-state index is -1.08. The second kappa shape index (κ2) is 10.8. The van der Waals surface area contributed by atoms with Crippen LogP contribution in [0, 0.1) is 0 Å². The molecule has 1 atom stereocenters. The molecular formula is C27H21N7O8. The van der Waals surface area contributed by atoms with Crippen LogP contribution >= 0.6 is 0 Å². The first kappa shape index (κ1) is 27.4. The maximum absolute atomic E-state index is 13.2. The fraction of sp³-hybridized carbons (Fsp3) is 0.111. The van der Waals surface area contributed by atoms with Crippen molar-refractivity contribution in [2.75, 3.05) is 11.1 Å². The predicted octanol–water partition coefficient (Wildman–Crippen LogP) is 0.724. The molecule has 6 N–H and O–H groups in total. The number of amides is 2. The largest absolute Gasteiger partial charge is 0.478 e. The van der Waals surface area contributed by atoms with Gasteiger partial charge in [0, 0.05) is 12.2 Å². The number of nitrogens with two attached hydrogens (primary N) is 1. The lowest BCUT2D eigenvalue weighted by atomic mass is 10.1. The van der Waals surface area contributed by atoms with Crippen LogP contribution in [-0.4, -0.2) is 37.4 Å². The Hall–Kier alpha value is -6.12. The maximum Gasteiger partial charge on any atom is 0.448 e. The number of nitrogens with zero attached hydrogens (tertiary/aromatic N) is 3.